The maximum Gasteiger partial charge on any atom is 0.108 e. The molecule has 1 aromatic heterocycles. The summed E-state index contributed by atoms with van der Waals surface area (Å²) < 4.78 is 2.35. The average Bonchev–Trinajstić information content (AvgIpc) is 2.46. The summed E-state index contributed by atoms with van der Waals surface area (Å²) in [5.74, 6) is 1.23. The number of aryl methyl sites for hydroxylation is 1. The van der Waals surface area contributed by atoms with Crippen LogP contribution in [-0.2, 0) is 19.5 Å². The Morgan fingerprint density at radius 3 is 3.08 bits per heavy atom. The van der Waals surface area contributed by atoms with Crippen molar-refractivity contribution in [2.45, 2.75) is 26.4 Å². The molecule has 2 heterocycles. The third-order valence-corrected chi connectivity index (χ3v) is 2.47. The second-order valence-corrected chi connectivity index (χ2v) is 3.41. The second-order valence-electron chi connectivity index (χ2n) is 3.41. The molecule has 2 rings (SSSR count). The van der Waals surface area contributed by atoms with Crippen LogP contribution in [0.5, 0.6) is 0 Å². The first kappa shape index (κ1) is 7.80. The largest absolute Gasteiger partial charge is 0.330 e. The zero-order valence-electron chi connectivity index (χ0n) is 7.75. The molecule has 1 aliphatic rings. The van der Waals surface area contributed by atoms with Crippen molar-refractivity contribution < 1.29 is 0 Å². The molecule has 0 aromatic carbocycles. The summed E-state index contributed by atoms with van der Waals surface area (Å²) >= 11 is 0. The predicted octanol–water partition coefficient (Wildman–Crippen LogP) is 0.891. The van der Waals surface area contributed by atoms with Crippen LogP contribution in [-0.4, -0.2) is 28.0 Å². The van der Waals surface area contributed by atoms with Gasteiger partial charge in [0.25, 0.3) is 0 Å². The van der Waals surface area contributed by atoms with Gasteiger partial charge in [-0.15, -0.1) is 0 Å². The van der Waals surface area contributed by atoms with Crippen LogP contribution >= 0.6 is 0 Å². The third kappa shape index (κ3) is 1.14. The molecule has 1 aliphatic heterocycles. The van der Waals surface area contributed by atoms with E-state index in [1.54, 1.807) is 0 Å². The van der Waals surface area contributed by atoms with Crippen molar-refractivity contribution in [1.82, 2.24) is 14.5 Å². The molecule has 1 aromatic rings. The lowest BCUT2D eigenvalue weighted by Gasteiger charge is -2.24. The second kappa shape index (κ2) is 2.90. The van der Waals surface area contributed by atoms with E-state index in [-0.39, 0.29) is 0 Å². The standard InChI is InChI=1S/C9H15N3/c1-3-9-10-6-8-7-11(2)4-5-12(8)9/h6H,3-5,7H2,1-2H3. The highest BCUT2D eigenvalue weighted by atomic mass is 15.2. The van der Waals surface area contributed by atoms with Gasteiger partial charge in [-0.05, 0) is 7.05 Å². The fourth-order valence-corrected chi connectivity index (χ4v) is 1.76. The maximum atomic E-state index is 4.39. The minimum atomic E-state index is 1.05. The van der Waals surface area contributed by atoms with Crippen LogP contribution in [0.4, 0.5) is 0 Å². The summed E-state index contributed by atoms with van der Waals surface area (Å²) in [7, 11) is 2.15. The van der Waals surface area contributed by atoms with E-state index < -0.39 is 0 Å². The van der Waals surface area contributed by atoms with Crippen LogP contribution in [0.3, 0.4) is 0 Å². The van der Waals surface area contributed by atoms with E-state index in [1.807, 2.05) is 6.20 Å². The number of nitrogens with zero attached hydrogens (tertiary/aromatic N) is 3. The quantitative estimate of drug-likeness (QED) is 0.616. The van der Waals surface area contributed by atoms with E-state index in [0.717, 1.165) is 26.1 Å². The number of hydrogen-bond donors (Lipinski definition) is 0. The highest BCUT2D eigenvalue weighted by Gasteiger charge is 2.15. The van der Waals surface area contributed by atoms with Crippen LogP contribution in [0.25, 0.3) is 0 Å². The van der Waals surface area contributed by atoms with Crippen molar-refractivity contribution in [2.24, 2.45) is 0 Å². The van der Waals surface area contributed by atoms with Crippen molar-refractivity contribution in [1.29, 1.82) is 0 Å². The number of aromatic nitrogens is 2. The Labute approximate surface area is 73.0 Å². The molecule has 0 radical (unpaired) electrons. The normalized spacial score (nSPS) is 17.8. The summed E-state index contributed by atoms with van der Waals surface area (Å²) in [6.07, 6.45) is 3.05. The van der Waals surface area contributed by atoms with Gasteiger partial charge >= 0.3 is 0 Å². The van der Waals surface area contributed by atoms with E-state index in [0.29, 0.717) is 0 Å². The molecular formula is C9H15N3. The third-order valence-electron chi connectivity index (χ3n) is 2.47. The van der Waals surface area contributed by atoms with Gasteiger partial charge in [-0.3, -0.25) is 4.90 Å². The van der Waals surface area contributed by atoms with Crippen LogP contribution in [0.15, 0.2) is 6.20 Å². The number of rotatable bonds is 1. The predicted molar refractivity (Wildman–Crippen MR) is 47.9 cm³/mol. The molecule has 0 saturated carbocycles. The van der Waals surface area contributed by atoms with Gasteiger partial charge < -0.3 is 4.57 Å². The Kier molecular flexibility index (Phi) is 1.89. The van der Waals surface area contributed by atoms with Crippen LogP contribution < -0.4 is 0 Å². The molecule has 0 aliphatic carbocycles. The minimum absolute atomic E-state index is 1.05. The van der Waals surface area contributed by atoms with E-state index in [2.05, 4.69) is 28.4 Å². The fraction of sp³-hybridized carbons (Fsp3) is 0.667. The monoisotopic (exact) mass is 165 g/mol. The van der Waals surface area contributed by atoms with E-state index in [9.17, 15) is 0 Å². The molecular weight excluding hydrogens is 150 g/mol. The number of hydrogen-bond acceptors (Lipinski definition) is 2. The molecule has 3 heteroatoms. The van der Waals surface area contributed by atoms with Crippen molar-refractivity contribution >= 4 is 0 Å². The van der Waals surface area contributed by atoms with Gasteiger partial charge in [0.05, 0.1) is 5.69 Å². The van der Waals surface area contributed by atoms with Crippen molar-refractivity contribution in [2.75, 3.05) is 13.6 Å². The summed E-state index contributed by atoms with van der Waals surface area (Å²) in [5, 5.41) is 0. The summed E-state index contributed by atoms with van der Waals surface area (Å²) in [6, 6.07) is 0. The maximum absolute atomic E-state index is 4.39. The Morgan fingerprint density at radius 1 is 1.50 bits per heavy atom. The van der Waals surface area contributed by atoms with E-state index >= 15 is 0 Å². The highest BCUT2D eigenvalue weighted by molar-refractivity contribution is 5.07. The first-order valence-corrected chi connectivity index (χ1v) is 4.53. The van der Waals surface area contributed by atoms with Gasteiger partial charge in [-0.1, -0.05) is 6.92 Å². The molecule has 0 bridgehead atoms. The van der Waals surface area contributed by atoms with Crippen molar-refractivity contribution in [3.63, 3.8) is 0 Å². The zero-order chi connectivity index (χ0) is 8.55. The van der Waals surface area contributed by atoms with Gasteiger partial charge in [-0.2, -0.15) is 0 Å². The molecule has 0 unspecified atom stereocenters. The molecule has 0 fully saturated rings. The highest BCUT2D eigenvalue weighted by Crippen LogP contribution is 2.13. The lowest BCUT2D eigenvalue weighted by Crippen LogP contribution is -2.30. The molecule has 0 atom stereocenters. The SMILES string of the molecule is CCc1ncc2n1CCN(C)C2. The summed E-state index contributed by atoms with van der Waals surface area (Å²) in [4.78, 5) is 6.72. The fourth-order valence-electron chi connectivity index (χ4n) is 1.76. The van der Waals surface area contributed by atoms with Gasteiger partial charge in [0, 0.05) is 32.3 Å². The molecule has 0 saturated heterocycles. The molecule has 66 valence electrons. The smallest absolute Gasteiger partial charge is 0.108 e. The number of imidazole rings is 1. The Bertz CT molecular complexity index is 277. The Balaban J connectivity index is 2.32. The topological polar surface area (TPSA) is 21.1 Å². The lowest BCUT2D eigenvalue weighted by molar-refractivity contribution is 0.267. The van der Waals surface area contributed by atoms with Crippen LogP contribution in [0, 0.1) is 0 Å². The van der Waals surface area contributed by atoms with Gasteiger partial charge in [0.15, 0.2) is 0 Å². The van der Waals surface area contributed by atoms with E-state index in [4.69, 9.17) is 0 Å². The van der Waals surface area contributed by atoms with Crippen LogP contribution in [0.2, 0.25) is 0 Å². The lowest BCUT2D eigenvalue weighted by atomic mass is 10.3. The average molecular weight is 165 g/mol. The molecule has 12 heavy (non-hydrogen) atoms. The van der Waals surface area contributed by atoms with Gasteiger partial charge in [0.1, 0.15) is 5.82 Å². The molecule has 0 spiro atoms. The summed E-state index contributed by atoms with van der Waals surface area (Å²) in [5.41, 5.74) is 1.36. The van der Waals surface area contributed by atoms with Gasteiger partial charge in [-0.25, -0.2) is 4.98 Å². The number of likely N-dealkylation sites (N-methyl/N-ethyl adjacent to an activating group) is 1. The molecule has 0 N–H and O–H groups in total. The molecule has 0 amide bonds. The minimum Gasteiger partial charge on any atom is -0.330 e. The first-order chi connectivity index (χ1) is 5.81. The number of fused-ring (bicyclic) bond motifs is 1. The van der Waals surface area contributed by atoms with Crippen molar-refractivity contribution in [3.05, 3.63) is 17.7 Å². The Morgan fingerprint density at radius 2 is 2.33 bits per heavy atom. The Hall–Kier alpha value is -0.830. The van der Waals surface area contributed by atoms with E-state index in [1.165, 1.54) is 11.5 Å². The van der Waals surface area contributed by atoms with Crippen LogP contribution in [0.1, 0.15) is 18.4 Å². The zero-order valence-corrected chi connectivity index (χ0v) is 7.75. The first-order valence-electron chi connectivity index (χ1n) is 4.53. The van der Waals surface area contributed by atoms with Crippen molar-refractivity contribution in [3.8, 4) is 0 Å². The van der Waals surface area contributed by atoms with Gasteiger partial charge in [0.2, 0.25) is 0 Å². The summed E-state index contributed by atoms with van der Waals surface area (Å²) in [6.45, 7) is 5.46. The molecule has 3 nitrogen and oxygen atoms in total.